The van der Waals surface area contributed by atoms with Crippen molar-refractivity contribution in [2.45, 2.75) is 5.37 Å². The first kappa shape index (κ1) is 13.8. The number of thiazole rings is 1. The van der Waals surface area contributed by atoms with Crippen molar-refractivity contribution in [2.75, 3.05) is 0 Å². The highest BCUT2D eigenvalue weighted by molar-refractivity contribution is 8.03. The highest BCUT2D eigenvalue weighted by atomic mass is 32.2. The smallest absolute Gasteiger partial charge is 0.353 e. The summed E-state index contributed by atoms with van der Waals surface area (Å²) in [4.78, 5) is 30.2. The van der Waals surface area contributed by atoms with Crippen molar-refractivity contribution in [3.8, 4) is 0 Å². The Morgan fingerprint density at radius 1 is 1.38 bits per heavy atom. The van der Waals surface area contributed by atoms with Gasteiger partial charge in [-0.2, -0.15) is 0 Å². The Morgan fingerprint density at radius 2 is 2.25 bits per heavy atom. The van der Waals surface area contributed by atoms with Crippen LogP contribution in [0.25, 0.3) is 22.1 Å². The van der Waals surface area contributed by atoms with Gasteiger partial charge in [0.25, 0.3) is 5.91 Å². The van der Waals surface area contributed by atoms with E-state index in [9.17, 15) is 9.59 Å². The highest BCUT2D eigenvalue weighted by Crippen LogP contribution is 2.45. The Morgan fingerprint density at radius 3 is 3.08 bits per heavy atom. The molecule has 2 aliphatic heterocycles. The third kappa shape index (κ3) is 1.75. The molecular weight excluding hydrogens is 346 g/mol. The van der Waals surface area contributed by atoms with Gasteiger partial charge in [-0.25, -0.2) is 9.78 Å². The van der Waals surface area contributed by atoms with Crippen molar-refractivity contribution in [2.24, 2.45) is 0 Å². The lowest BCUT2D eigenvalue weighted by Crippen LogP contribution is -2.51. The van der Waals surface area contributed by atoms with E-state index in [4.69, 9.17) is 5.11 Å². The first-order valence-electron chi connectivity index (χ1n) is 7.13. The summed E-state index contributed by atoms with van der Waals surface area (Å²) >= 11 is 2.92. The predicted molar refractivity (Wildman–Crippen MR) is 92.5 cm³/mol. The molecule has 118 valence electrons. The average Bonchev–Trinajstić information content (AvgIpc) is 3.24. The summed E-state index contributed by atoms with van der Waals surface area (Å²) in [5.74, 6) is -1.32. The lowest BCUT2D eigenvalue weighted by atomic mass is 10.0. The van der Waals surface area contributed by atoms with Crippen molar-refractivity contribution < 1.29 is 14.7 Å². The zero-order valence-corrected chi connectivity index (χ0v) is 13.7. The van der Waals surface area contributed by atoms with Crippen LogP contribution in [-0.2, 0) is 9.59 Å². The zero-order chi connectivity index (χ0) is 16.4. The van der Waals surface area contributed by atoms with E-state index in [1.165, 1.54) is 22.1 Å². The second-order valence-electron chi connectivity index (χ2n) is 5.49. The number of hydrogen-bond acceptors (Lipinski definition) is 5. The molecule has 1 fully saturated rings. The monoisotopic (exact) mass is 355 g/mol. The summed E-state index contributed by atoms with van der Waals surface area (Å²) in [7, 11) is 0. The fourth-order valence-corrected chi connectivity index (χ4v) is 4.86. The number of fused-ring (bicyclic) bond motifs is 4. The summed E-state index contributed by atoms with van der Waals surface area (Å²) in [5.41, 5.74) is 3.47. The molecule has 0 saturated carbocycles. The maximum atomic E-state index is 12.2. The lowest BCUT2D eigenvalue weighted by Gasteiger charge is -2.37. The van der Waals surface area contributed by atoms with Gasteiger partial charge in [0.05, 0.1) is 16.6 Å². The molecular formula is C16H9N3O3S2. The Bertz CT molecular complexity index is 1110. The minimum atomic E-state index is -1.07. The highest BCUT2D eigenvalue weighted by Gasteiger charge is 2.49. The van der Waals surface area contributed by atoms with Crippen LogP contribution in [0.3, 0.4) is 0 Å². The summed E-state index contributed by atoms with van der Waals surface area (Å²) in [6.07, 6.45) is 3.80. The third-order valence-corrected chi connectivity index (χ3v) is 5.98. The molecule has 5 rings (SSSR count). The molecule has 0 bridgehead atoms. The van der Waals surface area contributed by atoms with E-state index in [0.29, 0.717) is 5.57 Å². The van der Waals surface area contributed by atoms with E-state index in [2.05, 4.69) is 4.98 Å². The molecule has 1 atom stereocenters. The van der Waals surface area contributed by atoms with Gasteiger partial charge in [-0.3, -0.25) is 14.1 Å². The van der Waals surface area contributed by atoms with Crippen LogP contribution in [0.5, 0.6) is 0 Å². The van der Waals surface area contributed by atoms with E-state index in [-0.39, 0.29) is 17.0 Å². The third-order valence-electron chi connectivity index (χ3n) is 4.14. The van der Waals surface area contributed by atoms with Gasteiger partial charge in [-0.1, -0.05) is 6.07 Å². The molecule has 0 aliphatic carbocycles. The number of carboxylic acids is 1. The minimum Gasteiger partial charge on any atom is -0.477 e. The number of carbonyl (C=O) groups is 2. The van der Waals surface area contributed by atoms with Crippen LogP contribution in [0.2, 0.25) is 0 Å². The number of imidazole rings is 1. The van der Waals surface area contributed by atoms with Crippen LogP contribution >= 0.6 is 23.1 Å². The summed E-state index contributed by atoms with van der Waals surface area (Å²) in [5, 5.41) is 12.4. The minimum absolute atomic E-state index is 0.0527. The lowest BCUT2D eigenvalue weighted by molar-refractivity contribution is -0.141. The van der Waals surface area contributed by atoms with Crippen LogP contribution in [0, 0.1) is 0 Å². The van der Waals surface area contributed by atoms with E-state index >= 15 is 0 Å². The van der Waals surface area contributed by atoms with E-state index in [0.717, 1.165) is 21.6 Å². The average molecular weight is 355 g/mol. The Balaban J connectivity index is 1.52. The normalized spacial score (nSPS) is 21.4. The number of amides is 1. The van der Waals surface area contributed by atoms with Crippen molar-refractivity contribution in [3.05, 3.63) is 52.0 Å². The molecule has 0 radical (unpaired) electrons. The SMILES string of the molecule is O=C(O)C1=CS[C@@H]2C(=Cc3ccc4c(c3)nc3sccn34)C(=O)N12. The number of aromatic nitrogens is 2. The Kier molecular flexibility index (Phi) is 2.71. The molecule has 0 unspecified atom stereocenters. The van der Waals surface area contributed by atoms with Crippen LogP contribution in [-0.4, -0.2) is 36.6 Å². The van der Waals surface area contributed by atoms with Crippen LogP contribution in [0.15, 0.2) is 46.5 Å². The van der Waals surface area contributed by atoms with E-state index < -0.39 is 5.97 Å². The number of nitrogens with zero attached hydrogens (tertiary/aromatic N) is 3. The molecule has 8 heteroatoms. The molecule has 6 nitrogen and oxygen atoms in total. The molecule has 4 heterocycles. The Hall–Kier alpha value is -2.58. The van der Waals surface area contributed by atoms with Gasteiger partial charge in [-0.15, -0.1) is 23.1 Å². The first-order valence-corrected chi connectivity index (χ1v) is 8.95. The van der Waals surface area contributed by atoms with E-state index in [1.807, 2.05) is 40.3 Å². The fourth-order valence-electron chi connectivity index (χ4n) is 3.01. The molecule has 1 amide bonds. The quantitative estimate of drug-likeness (QED) is 0.565. The number of carbonyl (C=O) groups excluding carboxylic acids is 1. The van der Waals surface area contributed by atoms with E-state index in [1.54, 1.807) is 11.3 Å². The largest absolute Gasteiger partial charge is 0.477 e. The summed E-state index contributed by atoms with van der Waals surface area (Å²) in [6, 6.07) is 5.88. The first-order chi connectivity index (χ1) is 11.6. The number of β-lactam (4-membered cyclic amide) rings is 1. The summed E-state index contributed by atoms with van der Waals surface area (Å²) in [6.45, 7) is 0. The van der Waals surface area contributed by atoms with Crippen LogP contribution in [0.4, 0.5) is 0 Å². The predicted octanol–water partition coefficient (Wildman–Crippen LogP) is 2.77. The Labute approximate surface area is 143 Å². The van der Waals surface area contributed by atoms with Crippen LogP contribution < -0.4 is 0 Å². The van der Waals surface area contributed by atoms with Gasteiger partial charge >= 0.3 is 5.97 Å². The molecule has 1 N–H and O–H groups in total. The molecule has 3 aromatic rings. The maximum Gasteiger partial charge on any atom is 0.353 e. The number of aliphatic carboxylic acids is 1. The molecule has 24 heavy (non-hydrogen) atoms. The van der Waals surface area contributed by atoms with Crippen molar-refractivity contribution in [1.82, 2.24) is 14.3 Å². The zero-order valence-electron chi connectivity index (χ0n) is 12.0. The molecule has 0 spiro atoms. The molecule has 2 aliphatic rings. The van der Waals surface area contributed by atoms with Gasteiger partial charge in [0.2, 0.25) is 0 Å². The van der Waals surface area contributed by atoms with Gasteiger partial charge in [-0.05, 0) is 23.8 Å². The molecule has 1 aromatic carbocycles. The molecule has 2 aromatic heterocycles. The maximum absolute atomic E-state index is 12.2. The topological polar surface area (TPSA) is 74.9 Å². The number of carboxylic acid groups (broad SMARTS) is 1. The van der Waals surface area contributed by atoms with Gasteiger partial charge in [0.1, 0.15) is 11.1 Å². The number of rotatable bonds is 2. The second-order valence-corrected chi connectivity index (χ2v) is 7.31. The van der Waals surface area contributed by atoms with Gasteiger partial charge in [0.15, 0.2) is 4.96 Å². The van der Waals surface area contributed by atoms with Crippen LogP contribution in [0.1, 0.15) is 5.56 Å². The van der Waals surface area contributed by atoms with Crippen molar-refractivity contribution >= 4 is 57.0 Å². The van der Waals surface area contributed by atoms with Gasteiger partial charge in [0, 0.05) is 17.0 Å². The fraction of sp³-hybridized carbons (Fsp3) is 0.0625. The number of thioether (sulfide) groups is 1. The number of hydrogen-bond donors (Lipinski definition) is 1. The van der Waals surface area contributed by atoms with Gasteiger partial charge < -0.3 is 5.11 Å². The summed E-state index contributed by atoms with van der Waals surface area (Å²) < 4.78 is 2.03. The number of benzene rings is 1. The van der Waals surface area contributed by atoms with Crippen molar-refractivity contribution in [3.63, 3.8) is 0 Å². The standard InChI is InChI=1S/C16H9N3O3S2/c20-13-9(14-19(13)12(7-24-14)15(21)22)5-8-1-2-11-10(6-8)17-16-18(11)3-4-23-16/h1-7,14H,(H,21,22)/t14-/m1/s1. The second kappa shape index (κ2) is 4.71. The van der Waals surface area contributed by atoms with Crippen molar-refractivity contribution in [1.29, 1.82) is 0 Å². The molecule has 1 saturated heterocycles.